The van der Waals surface area contributed by atoms with E-state index in [-0.39, 0.29) is 12.4 Å². The first kappa shape index (κ1) is 23.4. The van der Waals surface area contributed by atoms with Crippen LogP contribution in [0.4, 0.5) is 0 Å². The molecule has 10 nitrogen and oxygen atoms in total. The van der Waals surface area contributed by atoms with Crippen LogP contribution in [0.2, 0.25) is 0 Å². The number of hydrogen-bond acceptors (Lipinski definition) is 6. The minimum Gasteiger partial charge on any atom is -0.550 e. The Kier molecular flexibility index (Phi) is 11.8. The number of aliphatic hydroxyl groups excluding tert-OH is 1. The zero-order valence-electron chi connectivity index (χ0n) is 13.9. The van der Waals surface area contributed by atoms with Gasteiger partial charge in [-0.05, 0) is 12.8 Å². The Morgan fingerprint density at radius 1 is 1.26 bits per heavy atom. The van der Waals surface area contributed by atoms with Crippen molar-refractivity contribution in [3.05, 3.63) is 0 Å². The van der Waals surface area contributed by atoms with Gasteiger partial charge in [0.2, 0.25) is 0 Å². The Balaban J connectivity index is 0. The summed E-state index contributed by atoms with van der Waals surface area (Å²) in [6, 6.07) is -0.820. The first-order chi connectivity index (χ1) is 10.3. The van der Waals surface area contributed by atoms with E-state index in [0.717, 1.165) is 0 Å². The Labute approximate surface area is 136 Å². The monoisotopic (exact) mass is 335 g/mol. The van der Waals surface area contributed by atoms with Crippen LogP contribution >= 0.6 is 0 Å². The number of carbonyl (C=O) groups excluding carboxylic acids is 1. The number of likely N-dealkylation sites (N-methyl/N-ethyl adjacent to an activating group) is 1. The quantitative estimate of drug-likeness (QED) is 0.125. The second-order valence-corrected chi connectivity index (χ2v) is 6.10. The van der Waals surface area contributed by atoms with Gasteiger partial charge in [-0.25, -0.2) is 0 Å². The van der Waals surface area contributed by atoms with Crippen LogP contribution in [0.25, 0.3) is 0 Å². The van der Waals surface area contributed by atoms with Gasteiger partial charge in [0, 0.05) is 18.9 Å². The van der Waals surface area contributed by atoms with Crippen molar-refractivity contribution in [2.45, 2.75) is 31.4 Å². The molecule has 8 N–H and O–H groups in total. The standard InChI is InChI=1S/C7H15NO3.C6H14N4O2/c1-8(2,3)5-6(9)4-7(10)11;7-4(5(11)12)2-1-3-10-6(8)9/h6,9H,4-5H2,1-3H3;4H,1-3,7H2,(H,11,12)(H4,8,9,10)/t6-;4-/m10/s1. The minimum absolute atomic E-state index is 0.0129. The summed E-state index contributed by atoms with van der Waals surface area (Å²) in [7, 11) is 5.66. The van der Waals surface area contributed by atoms with Gasteiger partial charge < -0.3 is 41.8 Å². The zero-order chi connectivity index (χ0) is 18.6. The number of carbonyl (C=O) groups is 2. The molecule has 0 heterocycles. The molecule has 0 aromatic rings. The van der Waals surface area contributed by atoms with Crippen LogP contribution in [-0.4, -0.2) is 79.0 Å². The molecular weight excluding hydrogens is 306 g/mol. The van der Waals surface area contributed by atoms with E-state index >= 15 is 0 Å². The SMILES string of the molecule is C[N+](C)(C)C[C@H](O)CC(=O)[O-].NC(N)=NCCC[C@H](N)C(=O)O. The van der Waals surface area contributed by atoms with Crippen LogP contribution in [0.3, 0.4) is 0 Å². The highest BCUT2D eigenvalue weighted by Gasteiger charge is 2.14. The molecule has 136 valence electrons. The Bertz CT molecular complexity index is 391. The van der Waals surface area contributed by atoms with Crippen molar-refractivity contribution in [2.75, 3.05) is 34.2 Å². The number of carboxylic acids is 2. The van der Waals surface area contributed by atoms with Crippen LogP contribution in [0.5, 0.6) is 0 Å². The van der Waals surface area contributed by atoms with E-state index in [1.165, 1.54) is 0 Å². The van der Waals surface area contributed by atoms with Gasteiger partial charge in [0.25, 0.3) is 0 Å². The number of aliphatic imine (C=N–C) groups is 1. The molecular formula is C13H29N5O5. The van der Waals surface area contributed by atoms with Gasteiger partial charge >= 0.3 is 5.97 Å². The highest BCUT2D eigenvalue weighted by atomic mass is 16.4. The third kappa shape index (κ3) is 20.1. The molecule has 0 fully saturated rings. The molecule has 0 aromatic carbocycles. The first-order valence-corrected chi connectivity index (χ1v) is 7.07. The molecule has 23 heavy (non-hydrogen) atoms. The highest BCUT2D eigenvalue weighted by molar-refractivity contribution is 5.75. The lowest BCUT2D eigenvalue weighted by Crippen LogP contribution is -2.43. The Hall–Kier alpha value is -1.91. The largest absolute Gasteiger partial charge is 0.550 e. The molecule has 0 aliphatic heterocycles. The van der Waals surface area contributed by atoms with Crippen molar-refractivity contribution in [2.24, 2.45) is 22.2 Å². The van der Waals surface area contributed by atoms with Gasteiger partial charge in [-0.2, -0.15) is 0 Å². The summed E-state index contributed by atoms with van der Waals surface area (Å²) >= 11 is 0. The lowest BCUT2D eigenvalue weighted by molar-refractivity contribution is -0.873. The molecule has 2 atom stereocenters. The molecule has 0 radical (unpaired) electrons. The van der Waals surface area contributed by atoms with Crippen LogP contribution in [-0.2, 0) is 9.59 Å². The fourth-order valence-corrected chi connectivity index (χ4v) is 1.53. The molecule has 0 aliphatic rings. The fraction of sp³-hybridized carbons (Fsp3) is 0.769. The van der Waals surface area contributed by atoms with Gasteiger partial charge in [-0.1, -0.05) is 0 Å². The third-order valence-corrected chi connectivity index (χ3v) is 2.45. The topological polar surface area (TPSA) is 188 Å². The van der Waals surface area contributed by atoms with Gasteiger partial charge in [0.1, 0.15) is 18.7 Å². The van der Waals surface area contributed by atoms with Crippen molar-refractivity contribution in [1.82, 2.24) is 0 Å². The molecule has 0 saturated heterocycles. The number of nitrogens with two attached hydrogens (primary N) is 3. The van der Waals surface area contributed by atoms with E-state index in [1.54, 1.807) is 0 Å². The van der Waals surface area contributed by atoms with E-state index < -0.39 is 24.1 Å². The maximum atomic E-state index is 10.2. The number of aliphatic carboxylic acids is 2. The van der Waals surface area contributed by atoms with E-state index in [0.29, 0.717) is 30.4 Å². The fourth-order valence-electron chi connectivity index (χ4n) is 1.53. The van der Waals surface area contributed by atoms with E-state index in [1.807, 2.05) is 21.1 Å². The number of rotatable bonds is 9. The van der Waals surface area contributed by atoms with Crippen LogP contribution in [0.15, 0.2) is 4.99 Å². The van der Waals surface area contributed by atoms with Crippen LogP contribution in [0.1, 0.15) is 19.3 Å². The number of quaternary nitrogens is 1. The molecule has 0 aromatic heterocycles. The predicted molar refractivity (Wildman–Crippen MR) is 84.1 cm³/mol. The molecule has 0 amide bonds. The maximum absolute atomic E-state index is 10.2. The first-order valence-electron chi connectivity index (χ1n) is 7.07. The summed E-state index contributed by atoms with van der Waals surface area (Å²) in [6.07, 6.45) is -0.132. The Morgan fingerprint density at radius 2 is 1.78 bits per heavy atom. The lowest BCUT2D eigenvalue weighted by Gasteiger charge is -2.26. The lowest BCUT2D eigenvalue weighted by atomic mass is 10.2. The molecule has 0 bridgehead atoms. The number of hydrogen-bond donors (Lipinski definition) is 5. The van der Waals surface area contributed by atoms with E-state index in [2.05, 4.69) is 4.99 Å². The van der Waals surface area contributed by atoms with Gasteiger partial charge in [-0.3, -0.25) is 9.79 Å². The number of guanidine groups is 1. The average molecular weight is 335 g/mol. The molecule has 0 spiro atoms. The summed E-state index contributed by atoms with van der Waals surface area (Å²) in [5.41, 5.74) is 15.3. The number of aliphatic hydroxyl groups is 1. The number of nitrogens with zero attached hydrogens (tertiary/aromatic N) is 2. The van der Waals surface area contributed by atoms with Crippen LogP contribution in [0, 0.1) is 0 Å². The maximum Gasteiger partial charge on any atom is 0.320 e. The smallest absolute Gasteiger partial charge is 0.320 e. The average Bonchev–Trinajstić information content (AvgIpc) is 2.31. The summed E-state index contributed by atoms with van der Waals surface area (Å²) in [4.78, 5) is 23.9. The normalized spacial score (nSPS) is 13.3. The van der Waals surface area contributed by atoms with Gasteiger partial charge in [-0.15, -0.1) is 0 Å². The van der Waals surface area contributed by atoms with Gasteiger partial charge in [0.15, 0.2) is 5.96 Å². The van der Waals surface area contributed by atoms with E-state index in [9.17, 15) is 14.7 Å². The zero-order valence-corrected chi connectivity index (χ0v) is 13.9. The molecule has 0 rings (SSSR count). The highest BCUT2D eigenvalue weighted by Crippen LogP contribution is 1.97. The summed E-state index contributed by atoms with van der Waals surface area (Å²) in [5.74, 6) is -2.19. The second kappa shape index (κ2) is 11.6. The molecule has 0 aliphatic carbocycles. The van der Waals surface area contributed by atoms with E-state index in [4.69, 9.17) is 27.4 Å². The van der Waals surface area contributed by atoms with Crippen molar-refractivity contribution in [1.29, 1.82) is 0 Å². The Morgan fingerprint density at radius 3 is 2.13 bits per heavy atom. The molecule has 0 saturated carbocycles. The van der Waals surface area contributed by atoms with Crippen molar-refractivity contribution in [3.8, 4) is 0 Å². The predicted octanol–water partition coefficient (Wildman–Crippen LogP) is -3.35. The second-order valence-electron chi connectivity index (χ2n) is 6.10. The minimum atomic E-state index is -1.20. The van der Waals surface area contributed by atoms with Gasteiger partial charge in [0.05, 0.1) is 21.1 Å². The summed E-state index contributed by atoms with van der Waals surface area (Å²) in [5, 5.41) is 27.5. The molecule has 10 heteroatoms. The van der Waals surface area contributed by atoms with Crippen molar-refractivity contribution < 1.29 is 29.4 Å². The molecule has 0 unspecified atom stereocenters. The van der Waals surface area contributed by atoms with Crippen LogP contribution < -0.4 is 22.3 Å². The summed E-state index contributed by atoms with van der Waals surface area (Å²) in [6.45, 7) is 0.845. The summed E-state index contributed by atoms with van der Waals surface area (Å²) < 4.78 is 0.550. The number of carboxylic acid groups (broad SMARTS) is 2. The van der Waals surface area contributed by atoms with Crippen molar-refractivity contribution >= 4 is 17.9 Å². The third-order valence-electron chi connectivity index (χ3n) is 2.45. The van der Waals surface area contributed by atoms with Crippen molar-refractivity contribution in [3.63, 3.8) is 0 Å².